The largest absolute Gasteiger partial charge is 0.352 e. The van der Waals surface area contributed by atoms with Crippen LogP contribution in [0.25, 0.3) is 0 Å². The summed E-state index contributed by atoms with van der Waals surface area (Å²) in [6, 6.07) is 13.7. The number of nitrogens with one attached hydrogen (secondary N) is 2. The van der Waals surface area contributed by atoms with Gasteiger partial charge in [-0.2, -0.15) is 0 Å². The molecular weight excluding hydrogens is 436 g/mol. The van der Waals surface area contributed by atoms with Gasteiger partial charge in [-0.15, -0.1) is 35.7 Å². The van der Waals surface area contributed by atoms with Crippen molar-refractivity contribution < 1.29 is 4.39 Å². The van der Waals surface area contributed by atoms with Gasteiger partial charge in [-0.05, 0) is 48.1 Å². The zero-order valence-electron chi connectivity index (χ0n) is 14.1. The molecule has 0 amide bonds. The Balaban J connectivity index is 0.00000288. The topological polar surface area (TPSA) is 36.4 Å². The average molecular weight is 459 g/mol. The summed E-state index contributed by atoms with van der Waals surface area (Å²) in [5.74, 6) is 0.515. The Morgan fingerprint density at radius 3 is 2.17 bits per heavy atom. The van der Waals surface area contributed by atoms with Gasteiger partial charge in [0.05, 0.1) is 0 Å². The van der Waals surface area contributed by atoms with Gasteiger partial charge in [0.2, 0.25) is 0 Å². The number of aryl methyl sites for hydroxylation is 1. The number of aliphatic imine (C=N–C) groups is 1. The summed E-state index contributed by atoms with van der Waals surface area (Å²) < 4.78 is 13.5. The molecule has 2 aromatic rings. The van der Waals surface area contributed by atoms with Crippen molar-refractivity contribution in [2.24, 2.45) is 4.99 Å². The molecule has 0 heterocycles. The molecule has 0 aliphatic heterocycles. The average Bonchev–Trinajstić information content (AvgIpc) is 2.58. The molecule has 0 saturated carbocycles. The third-order valence-corrected chi connectivity index (χ3v) is 4.28. The highest BCUT2D eigenvalue weighted by Gasteiger charge is 2.02. The lowest BCUT2D eigenvalue weighted by molar-refractivity contribution is 0.615. The second-order valence-corrected chi connectivity index (χ2v) is 6.09. The van der Waals surface area contributed by atoms with Crippen LogP contribution in [0.5, 0.6) is 0 Å². The van der Waals surface area contributed by atoms with Crippen LogP contribution < -0.4 is 10.6 Å². The molecule has 3 nitrogen and oxygen atoms in total. The number of guanidine groups is 1. The molecule has 2 rings (SSSR count). The molecule has 0 unspecified atom stereocenters. The van der Waals surface area contributed by atoms with Crippen molar-refractivity contribution in [3.05, 3.63) is 65.0 Å². The fourth-order valence-electron chi connectivity index (χ4n) is 2.08. The number of hydrogen-bond acceptors (Lipinski definition) is 2. The molecule has 0 saturated heterocycles. The monoisotopic (exact) mass is 459 g/mol. The molecule has 0 radical (unpaired) electrons. The van der Waals surface area contributed by atoms with Gasteiger partial charge in [-0.1, -0.05) is 24.3 Å². The van der Waals surface area contributed by atoms with E-state index in [9.17, 15) is 4.39 Å². The van der Waals surface area contributed by atoms with Crippen LogP contribution >= 0.6 is 35.7 Å². The van der Waals surface area contributed by atoms with E-state index in [1.54, 1.807) is 37.9 Å². The number of thioether (sulfide) groups is 1. The summed E-state index contributed by atoms with van der Waals surface area (Å²) in [5, 5.41) is 6.45. The van der Waals surface area contributed by atoms with Crippen molar-refractivity contribution in [1.82, 2.24) is 10.6 Å². The van der Waals surface area contributed by atoms with Crippen molar-refractivity contribution in [2.45, 2.75) is 24.9 Å². The maximum atomic E-state index is 13.5. The zero-order valence-corrected chi connectivity index (χ0v) is 17.2. The smallest absolute Gasteiger partial charge is 0.191 e. The van der Waals surface area contributed by atoms with Crippen molar-refractivity contribution in [3.63, 3.8) is 0 Å². The molecule has 0 atom stereocenters. The van der Waals surface area contributed by atoms with E-state index in [0.717, 1.165) is 5.56 Å². The van der Waals surface area contributed by atoms with E-state index in [1.165, 1.54) is 10.5 Å². The Labute approximate surface area is 164 Å². The Morgan fingerprint density at radius 1 is 1.04 bits per heavy atom. The summed E-state index contributed by atoms with van der Waals surface area (Å²) in [6.07, 6.45) is 2.06. The van der Waals surface area contributed by atoms with E-state index in [-0.39, 0.29) is 29.8 Å². The van der Waals surface area contributed by atoms with Crippen LogP contribution in [0.1, 0.15) is 16.7 Å². The molecule has 0 aliphatic rings. The van der Waals surface area contributed by atoms with Gasteiger partial charge in [0.1, 0.15) is 5.82 Å². The Morgan fingerprint density at radius 2 is 1.62 bits per heavy atom. The van der Waals surface area contributed by atoms with Gasteiger partial charge in [-0.25, -0.2) is 4.39 Å². The maximum Gasteiger partial charge on any atom is 0.191 e. The van der Waals surface area contributed by atoms with E-state index in [0.29, 0.717) is 24.6 Å². The molecule has 2 N–H and O–H groups in total. The van der Waals surface area contributed by atoms with Crippen LogP contribution in [-0.2, 0) is 13.1 Å². The predicted octanol–water partition coefficient (Wildman–Crippen LogP) is 4.34. The summed E-state index contributed by atoms with van der Waals surface area (Å²) >= 11 is 1.73. The normalized spacial score (nSPS) is 10.9. The molecule has 0 fully saturated rings. The standard InChI is InChI=1S/C18H22FN3S.HI/c1-13-4-5-15(10-17(13)19)12-22-18(20-2)21-11-14-6-8-16(23-3)9-7-14;/h4-10H,11-12H2,1-3H3,(H2,20,21,22);1H. The van der Waals surface area contributed by atoms with E-state index < -0.39 is 0 Å². The summed E-state index contributed by atoms with van der Waals surface area (Å²) in [5.41, 5.74) is 2.73. The molecule has 6 heteroatoms. The number of nitrogens with zero attached hydrogens (tertiary/aromatic N) is 1. The first-order valence-electron chi connectivity index (χ1n) is 7.45. The van der Waals surface area contributed by atoms with E-state index in [2.05, 4.69) is 46.1 Å². The van der Waals surface area contributed by atoms with Crippen LogP contribution in [0.3, 0.4) is 0 Å². The first kappa shape index (κ1) is 20.8. The molecule has 2 aromatic carbocycles. The first-order valence-corrected chi connectivity index (χ1v) is 8.67. The molecule has 0 bridgehead atoms. The minimum absolute atomic E-state index is 0. The van der Waals surface area contributed by atoms with Crippen molar-refractivity contribution in [1.29, 1.82) is 0 Å². The highest BCUT2D eigenvalue weighted by atomic mass is 127. The number of halogens is 2. The molecular formula is C18H23FIN3S. The fourth-order valence-corrected chi connectivity index (χ4v) is 2.49. The second-order valence-electron chi connectivity index (χ2n) is 5.21. The van der Waals surface area contributed by atoms with Crippen LogP contribution in [0, 0.1) is 12.7 Å². The Kier molecular flexibility index (Phi) is 9.13. The van der Waals surface area contributed by atoms with Gasteiger partial charge in [0.25, 0.3) is 0 Å². The van der Waals surface area contributed by atoms with Gasteiger partial charge in [0, 0.05) is 25.0 Å². The van der Waals surface area contributed by atoms with E-state index in [1.807, 2.05) is 6.07 Å². The van der Waals surface area contributed by atoms with Crippen LogP contribution in [0.4, 0.5) is 4.39 Å². The predicted molar refractivity (Wildman–Crippen MR) is 112 cm³/mol. The fraction of sp³-hybridized carbons (Fsp3) is 0.278. The van der Waals surface area contributed by atoms with Crippen LogP contribution in [0.2, 0.25) is 0 Å². The SMILES string of the molecule is CN=C(NCc1ccc(SC)cc1)NCc1ccc(C)c(F)c1.I. The minimum Gasteiger partial charge on any atom is -0.352 e. The Hall–Kier alpha value is -1.28. The summed E-state index contributed by atoms with van der Waals surface area (Å²) in [4.78, 5) is 5.44. The Bertz CT molecular complexity index is 674. The lowest BCUT2D eigenvalue weighted by Crippen LogP contribution is -2.36. The summed E-state index contributed by atoms with van der Waals surface area (Å²) in [6.45, 7) is 2.98. The third-order valence-electron chi connectivity index (χ3n) is 3.54. The molecule has 0 aliphatic carbocycles. The molecule has 24 heavy (non-hydrogen) atoms. The summed E-state index contributed by atoms with van der Waals surface area (Å²) in [7, 11) is 1.72. The van der Waals surface area contributed by atoms with Gasteiger partial charge >= 0.3 is 0 Å². The number of rotatable bonds is 5. The van der Waals surface area contributed by atoms with Crippen molar-refractivity contribution in [2.75, 3.05) is 13.3 Å². The first-order chi connectivity index (χ1) is 11.1. The number of hydrogen-bond donors (Lipinski definition) is 2. The lowest BCUT2D eigenvalue weighted by atomic mass is 10.1. The minimum atomic E-state index is -0.180. The molecule has 130 valence electrons. The van der Waals surface area contributed by atoms with E-state index >= 15 is 0 Å². The van der Waals surface area contributed by atoms with Gasteiger partial charge < -0.3 is 10.6 Å². The van der Waals surface area contributed by atoms with Crippen molar-refractivity contribution in [3.8, 4) is 0 Å². The number of benzene rings is 2. The quantitative estimate of drug-likeness (QED) is 0.302. The van der Waals surface area contributed by atoms with Crippen LogP contribution in [-0.4, -0.2) is 19.3 Å². The maximum absolute atomic E-state index is 13.5. The lowest BCUT2D eigenvalue weighted by Gasteiger charge is -2.12. The van der Waals surface area contributed by atoms with Crippen LogP contribution in [0.15, 0.2) is 52.4 Å². The molecule has 0 spiro atoms. The second kappa shape index (κ2) is 10.6. The molecule has 0 aromatic heterocycles. The third kappa shape index (κ3) is 6.32. The highest BCUT2D eigenvalue weighted by Crippen LogP contribution is 2.14. The highest BCUT2D eigenvalue weighted by molar-refractivity contribution is 14.0. The zero-order chi connectivity index (χ0) is 16.7. The van der Waals surface area contributed by atoms with Gasteiger partial charge in [-0.3, -0.25) is 4.99 Å². The van der Waals surface area contributed by atoms with Gasteiger partial charge in [0.15, 0.2) is 5.96 Å². The van der Waals surface area contributed by atoms with E-state index in [4.69, 9.17) is 0 Å². The van der Waals surface area contributed by atoms with Crippen molar-refractivity contribution >= 4 is 41.7 Å².